The van der Waals surface area contributed by atoms with Crippen molar-refractivity contribution in [2.75, 3.05) is 0 Å². The maximum Gasteiger partial charge on any atom is 0.262 e. The number of nitriles is 1. The van der Waals surface area contributed by atoms with Gasteiger partial charge in [-0.25, -0.2) is 0 Å². The van der Waals surface area contributed by atoms with Crippen LogP contribution < -0.4 is 10.6 Å². The van der Waals surface area contributed by atoms with Crippen molar-refractivity contribution < 1.29 is 9.59 Å². The van der Waals surface area contributed by atoms with Crippen LogP contribution in [-0.4, -0.2) is 44.0 Å². The Balaban J connectivity index is 1.57. The van der Waals surface area contributed by atoms with Crippen LogP contribution in [0.2, 0.25) is 0 Å². The zero-order chi connectivity index (χ0) is 23.9. The number of thiocarbonyl (C=S) groups is 1. The molecule has 7 unspecified atom stereocenters. The molecule has 6 nitrogen and oxygen atoms in total. The van der Waals surface area contributed by atoms with E-state index in [0.29, 0.717) is 11.8 Å². The van der Waals surface area contributed by atoms with Crippen LogP contribution in [-0.2, 0) is 9.59 Å². The van der Waals surface area contributed by atoms with E-state index in [1.54, 1.807) is 0 Å². The van der Waals surface area contributed by atoms with Crippen LogP contribution in [0.25, 0.3) is 0 Å². The fourth-order valence-corrected chi connectivity index (χ4v) is 9.11. The molecule has 2 amide bonds. The summed E-state index contributed by atoms with van der Waals surface area (Å²) in [6.45, 7) is 9.09. The molecule has 0 radical (unpaired) electrons. The molecule has 0 aromatic rings. The smallest absolute Gasteiger partial charge is 0.262 e. The standard InChI is InChI=1S/C25H36N4O2S2/c1-14-11-17(12-19-21(30)27-24(32)28-22(19)31)16(3)29(14)23-20(13-26)15(2)25(4,33-23)18-9-7-5-6-8-10-18/h12,14-18,20,23H,5-11H2,1-4H3,(H2,27,28,30,31,32). The second-order valence-electron chi connectivity index (χ2n) is 10.6. The molecule has 4 fully saturated rings. The van der Waals surface area contributed by atoms with Crippen molar-refractivity contribution in [3.05, 3.63) is 11.6 Å². The predicted octanol–water partition coefficient (Wildman–Crippen LogP) is 4.12. The van der Waals surface area contributed by atoms with Crippen molar-refractivity contribution in [1.29, 1.82) is 5.26 Å². The molecule has 7 atom stereocenters. The van der Waals surface area contributed by atoms with Gasteiger partial charge in [-0.15, -0.1) is 11.8 Å². The largest absolute Gasteiger partial charge is 0.299 e. The topological polar surface area (TPSA) is 85.2 Å². The summed E-state index contributed by atoms with van der Waals surface area (Å²) in [7, 11) is 0. The minimum atomic E-state index is -0.429. The van der Waals surface area contributed by atoms with E-state index < -0.39 is 11.8 Å². The molecule has 4 aliphatic rings. The average Bonchev–Trinajstić information content (AvgIpc) is 3.03. The Hall–Kier alpha value is -1.43. The van der Waals surface area contributed by atoms with E-state index in [1.165, 1.54) is 38.5 Å². The first-order chi connectivity index (χ1) is 15.7. The summed E-state index contributed by atoms with van der Waals surface area (Å²) in [6, 6.07) is 3.10. The first kappa shape index (κ1) is 24.7. The number of hydrogen-bond acceptors (Lipinski definition) is 6. The molecule has 3 heterocycles. The van der Waals surface area contributed by atoms with Crippen LogP contribution in [0, 0.1) is 35.0 Å². The van der Waals surface area contributed by atoms with Crippen LogP contribution >= 0.6 is 24.0 Å². The zero-order valence-corrected chi connectivity index (χ0v) is 21.7. The van der Waals surface area contributed by atoms with Gasteiger partial charge in [0.1, 0.15) is 5.57 Å². The van der Waals surface area contributed by atoms with Gasteiger partial charge in [0.2, 0.25) is 0 Å². The summed E-state index contributed by atoms with van der Waals surface area (Å²) in [5, 5.41) is 15.5. The summed E-state index contributed by atoms with van der Waals surface area (Å²) < 4.78 is 0.101. The Bertz CT molecular complexity index is 869. The molecule has 1 aliphatic carbocycles. The molecule has 0 aromatic carbocycles. The molecule has 0 spiro atoms. The molecule has 33 heavy (non-hydrogen) atoms. The Morgan fingerprint density at radius 1 is 1.12 bits per heavy atom. The van der Waals surface area contributed by atoms with Gasteiger partial charge in [-0.3, -0.25) is 25.1 Å². The number of likely N-dealkylation sites (tertiary alicyclic amines) is 1. The second-order valence-corrected chi connectivity index (χ2v) is 12.6. The number of amides is 2. The monoisotopic (exact) mass is 488 g/mol. The van der Waals surface area contributed by atoms with Crippen LogP contribution in [0.1, 0.15) is 72.6 Å². The normalized spacial score (nSPS) is 40.8. The fourth-order valence-electron chi connectivity index (χ4n) is 6.65. The van der Waals surface area contributed by atoms with Crippen molar-refractivity contribution in [2.24, 2.45) is 23.7 Å². The minimum absolute atomic E-state index is 0.0294. The van der Waals surface area contributed by atoms with Crippen molar-refractivity contribution in [3.8, 4) is 6.07 Å². The van der Waals surface area contributed by atoms with Crippen LogP contribution in [0.15, 0.2) is 11.6 Å². The van der Waals surface area contributed by atoms with E-state index in [2.05, 4.69) is 49.3 Å². The van der Waals surface area contributed by atoms with Gasteiger partial charge in [0.25, 0.3) is 11.8 Å². The van der Waals surface area contributed by atoms with Crippen LogP contribution in [0.3, 0.4) is 0 Å². The quantitative estimate of drug-likeness (QED) is 0.269. The zero-order valence-electron chi connectivity index (χ0n) is 20.1. The molecule has 180 valence electrons. The molecular weight excluding hydrogens is 452 g/mol. The van der Waals surface area contributed by atoms with Gasteiger partial charge in [0.05, 0.1) is 17.4 Å². The number of carbonyl (C=O) groups is 2. The highest BCUT2D eigenvalue weighted by molar-refractivity contribution is 8.01. The highest BCUT2D eigenvalue weighted by Gasteiger charge is 2.57. The summed E-state index contributed by atoms with van der Waals surface area (Å²) in [5.74, 6) is 0.165. The number of hydrogen-bond donors (Lipinski definition) is 2. The number of carbonyl (C=O) groups excluding carboxylic acids is 2. The predicted molar refractivity (Wildman–Crippen MR) is 135 cm³/mol. The first-order valence-electron chi connectivity index (χ1n) is 12.4. The number of nitrogens with one attached hydrogen (secondary N) is 2. The van der Waals surface area contributed by atoms with Crippen LogP contribution in [0.5, 0.6) is 0 Å². The Labute approximate surface area is 207 Å². The number of thioether (sulfide) groups is 1. The molecule has 4 rings (SSSR count). The summed E-state index contributed by atoms with van der Waals surface area (Å²) in [4.78, 5) is 27.2. The van der Waals surface area contributed by atoms with E-state index in [9.17, 15) is 14.9 Å². The van der Waals surface area contributed by atoms with Gasteiger partial charge in [-0.2, -0.15) is 5.26 Å². The van der Waals surface area contributed by atoms with Crippen molar-refractivity contribution in [1.82, 2.24) is 15.5 Å². The van der Waals surface area contributed by atoms with E-state index in [-0.39, 0.29) is 44.7 Å². The Morgan fingerprint density at radius 2 is 1.73 bits per heavy atom. The van der Waals surface area contributed by atoms with Gasteiger partial charge in [0, 0.05) is 16.8 Å². The third kappa shape index (κ3) is 4.49. The fraction of sp³-hybridized carbons (Fsp3) is 0.760. The highest BCUT2D eigenvalue weighted by atomic mass is 32.2. The molecule has 8 heteroatoms. The summed E-state index contributed by atoms with van der Waals surface area (Å²) >= 11 is 6.95. The third-order valence-electron chi connectivity index (χ3n) is 8.77. The third-order valence-corrected chi connectivity index (χ3v) is 11.0. The van der Waals surface area contributed by atoms with Crippen molar-refractivity contribution in [2.45, 2.75) is 94.8 Å². The first-order valence-corrected chi connectivity index (χ1v) is 13.7. The summed E-state index contributed by atoms with van der Waals surface area (Å²) in [5.41, 5.74) is 0.141. The average molecular weight is 489 g/mol. The van der Waals surface area contributed by atoms with Gasteiger partial charge in [-0.05, 0) is 70.0 Å². The Morgan fingerprint density at radius 3 is 2.30 bits per heavy atom. The Kier molecular flexibility index (Phi) is 7.24. The highest BCUT2D eigenvalue weighted by Crippen LogP contribution is 2.59. The lowest BCUT2D eigenvalue weighted by Gasteiger charge is -2.38. The van der Waals surface area contributed by atoms with Crippen molar-refractivity contribution in [3.63, 3.8) is 0 Å². The molecule has 0 bridgehead atoms. The lowest BCUT2D eigenvalue weighted by atomic mass is 9.74. The van der Waals surface area contributed by atoms with Gasteiger partial charge >= 0.3 is 0 Å². The SMILES string of the molecule is CC1CC(C=C2C(=O)NC(=S)NC2=O)C(C)N1C1SC(C)(C2CCCCCC2)C(C)C1C#N. The lowest BCUT2D eigenvalue weighted by Crippen LogP contribution is -2.51. The van der Waals surface area contributed by atoms with E-state index >= 15 is 0 Å². The molecule has 3 saturated heterocycles. The van der Waals surface area contributed by atoms with Crippen LogP contribution in [0.4, 0.5) is 0 Å². The van der Waals surface area contributed by atoms with E-state index in [4.69, 9.17) is 12.2 Å². The van der Waals surface area contributed by atoms with Crippen molar-refractivity contribution >= 4 is 40.9 Å². The molecule has 0 aromatic heterocycles. The second kappa shape index (κ2) is 9.67. The van der Waals surface area contributed by atoms with Gasteiger partial charge < -0.3 is 0 Å². The molecule has 3 aliphatic heterocycles. The lowest BCUT2D eigenvalue weighted by molar-refractivity contribution is -0.123. The minimum Gasteiger partial charge on any atom is -0.299 e. The summed E-state index contributed by atoms with van der Waals surface area (Å²) in [6.07, 6.45) is 10.5. The maximum atomic E-state index is 12.4. The molecular formula is C25H36N4O2S2. The molecule has 2 N–H and O–H groups in total. The van der Waals surface area contributed by atoms with E-state index in [1.807, 2.05) is 17.8 Å². The van der Waals surface area contributed by atoms with Gasteiger partial charge in [0.15, 0.2) is 5.11 Å². The number of nitrogens with zero attached hydrogens (tertiary/aromatic N) is 2. The number of rotatable bonds is 3. The molecule has 1 saturated carbocycles. The maximum absolute atomic E-state index is 12.4. The van der Waals surface area contributed by atoms with Gasteiger partial charge in [-0.1, -0.05) is 38.7 Å². The van der Waals surface area contributed by atoms with E-state index in [0.717, 1.165) is 6.42 Å².